The molecule has 2 fully saturated rings. The Morgan fingerprint density at radius 1 is 1.32 bits per heavy atom. The van der Waals surface area contributed by atoms with E-state index in [-0.39, 0.29) is 34.0 Å². The van der Waals surface area contributed by atoms with Crippen molar-refractivity contribution in [3.05, 3.63) is 10.1 Å². The third kappa shape index (κ3) is 2.54. The standard InChI is InChI=1S/C15H25NO3/c1-14(2)8-4-9-15(3)11(7-10-16(18)19)12(17)5-6-13(14)15/h11,13H,4-10H2,1-3H3/t11-,13-,15+/m1/s1. The van der Waals surface area contributed by atoms with Gasteiger partial charge in [-0.25, -0.2) is 0 Å². The summed E-state index contributed by atoms with van der Waals surface area (Å²) in [7, 11) is 0. The number of carbonyl (C=O) groups is 1. The van der Waals surface area contributed by atoms with Crippen LogP contribution in [0.5, 0.6) is 0 Å². The van der Waals surface area contributed by atoms with E-state index in [4.69, 9.17) is 0 Å². The van der Waals surface area contributed by atoms with Gasteiger partial charge < -0.3 is 0 Å². The molecule has 0 spiro atoms. The Morgan fingerprint density at radius 2 is 2.00 bits per heavy atom. The normalized spacial score (nSPS) is 37.7. The molecule has 0 bridgehead atoms. The zero-order chi connectivity index (χ0) is 14.3. The second-order valence-corrected chi connectivity index (χ2v) is 7.30. The monoisotopic (exact) mass is 267 g/mol. The van der Waals surface area contributed by atoms with Crippen molar-refractivity contribution in [1.29, 1.82) is 0 Å². The molecule has 2 saturated carbocycles. The number of Topliss-reactive ketones (excluding diaryl/α,β-unsaturated/α-hetero) is 1. The van der Waals surface area contributed by atoms with Gasteiger partial charge in [-0.15, -0.1) is 0 Å². The van der Waals surface area contributed by atoms with Crippen LogP contribution in [-0.4, -0.2) is 17.3 Å². The lowest BCUT2D eigenvalue weighted by Crippen LogP contribution is -2.52. The van der Waals surface area contributed by atoms with Gasteiger partial charge in [0.2, 0.25) is 6.54 Å². The molecular formula is C15H25NO3. The van der Waals surface area contributed by atoms with E-state index in [9.17, 15) is 14.9 Å². The largest absolute Gasteiger partial charge is 0.299 e. The Balaban J connectivity index is 2.24. The van der Waals surface area contributed by atoms with E-state index >= 15 is 0 Å². The molecule has 4 heteroatoms. The van der Waals surface area contributed by atoms with E-state index in [1.54, 1.807) is 0 Å². The Hall–Kier alpha value is -0.930. The minimum atomic E-state index is -0.284. The fourth-order valence-electron chi connectivity index (χ4n) is 4.86. The highest BCUT2D eigenvalue weighted by Crippen LogP contribution is 2.59. The maximum atomic E-state index is 12.3. The van der Waals surface area contributed by atoms with E-state index in [0.29, 0.717) is 18.8 Å². The summed E-state index contributed by atoms with van der Waals surface area (Å²) >= 11 is 0. The van der Waals surface area contributed by atoms with Crippen LogP contribution >= 0.6 is 0 Å². The summed E-state index contributed by atoms with van der Waals surface area (Å²) in [6, 6.07) is 0. The van der Waals surface area contributed by atoms with Gasteiger partial charge in [-0.2, -0.15) is 0 Å². The number of nitro groups is 1. The van der Waals surface area contributed by atoms with Gasteiger partial charge in [0.15, 0.2) is 0 Å². The quantitative estimate of drug-likeness (QED) is 0.581. The van der Waals surface area contributed by atoms with E-state index in [0.717, 1.165) is 19.3 Å². The van der Waals surface area contributed by atoms with Gasteiger partial charge in [-0.1, -0.05) is 27.2 Å². The SMILES string of the molecule is CC1(C)CCC[C@@]2(C)[C@H](CC[N+](=O)[O-])C(=O)CC[C@H]12. The average Bonchev–Trinajstić information content (AvgIpc) is 2.26. The second kappa shape index (κ2) is 4.88. The van der Waals surface area contributed by atoms with Crippen LogP contribution in [0.15, 0.2) is 0 Å². The zero-order valence-electron chi connectivity index (χ0n) is 12.3. The van der Waals surface area contributed by atoms with Crippen molar-refractivity contribution in [2.24, 2.45) is 22.7 Å². The maximum absolute atomic E-state index is 12.3. The van der Waals surface area contributed by atoms with Crippen molar-refractivity contribution in [3.8, 4) is 0 Å². The highest BCUT2D eigenvalue weighted by molar-refractivity contribution is 5.82. The van der Waals surface area contributed by atoms with Gasteiger partial charge in [0.05, 0.1) is 0 Å². The van der Waals surface area contributed by atoms with Crippen LogP contribution in [0.2, 0.25) is 0 Å². The number of rotatable bonds is 3. The first-order chi connectivity index (χ1) is 8.77. The number of ketones is 1. The molecule has 0 aliphatic heterocycles. The third-order valence-corrected chi connectivity index (χ3v) is 5.74. The van der Waals surface area contributed by atoms with E-state index in [2.05, 4.69) is 20.8 Å². The smallest absolute Gasteiger partial charge is 0.204 e. The first-order valence-corrected chi connectivity index (χ1v) is 7.42. The van der Waals surface area contributed by atoms with Crippen molar-refractivity contribution in [2.75, 3.05) is 6.54 Å². The summed E-state index contributed by atoms with van der Waals surface area (Å²) in [6.07, 6.45) is 5.42. The Labute approximate surface area is 115 Å². The summed E-state index contributed by atoms with van der Waals surface area (Å²) in [5.41, 5.74) is 0.244. The molecule has 2 rings (SSSR count). The molecule has 19 heavy (non-hydrogen) atoms. The molecule has 2 aliphatic rings. The molecule has 3 atom stereocenters. The van der Waals surface area contributed by atoms with Gasteiger partial charge in [-0.05, 0) is 36.0 Å². The van der Waals surface area contributed by atoms with Crippen molar-refractivity contribution >= 4 is 5.78 Å². The minimum Gasteiger partial charge on any atom is -0.299 e. The Morgan fingerprint density at radius 3 is 2.63 bits per heavy atom. The molecule has 108 valence electrons. The molecule has 0 aromatic carbocycles. The summed E-state index contributed by atoms with van der Waals surface area (Å²) < 4.78 is 0. The average molecular weight is 267 g/mol. The first-order valence-electron chi connectivity index (χ1n) is 7.42. The van der Waals surface area contributed by atoms with Crippen LogP contribution in [0, 0.1) is 32.8 Å². The van der Waals surface area contributed by atoms with Gasteiger partial charge in [0.1, 0.15) is 5.78 Å². The molecule has 0 N–H and O–H groups in total. The third-order valence-electron chi connectivity index (χ3n) is 5.74. The minimum absolute atomic E-state index is 0.0207. The summed E-state index contributed by atoms with van der Waals surface area (Å²) in [4.78, 5) is 22.6. The lowest BCUT2D eigenvalue weighted by molar-refractivity contribution is -0.482. The molecular weight excluding hydrogens is 242 g/mol. The highest BCUT2D eigenvalue weighted by atomic mass is 16.6. The van der Waals surface area contributed by atoms with E-state index in [1.807, 2.05) is 0 Å². The van der Waals surface area contributed by atoms with Crippen LogP contribution in [0.4, 0.5) is 0 Å². The van der Waals surface area contributed by atoms with Crippen molar-refractivity contribution in [2.45, 2.75) is 59.3 Å². The van der Waals surface area contributed by atoms with Crippen molar-refractivity contribution in [3.63, 3.8) is 0 Å². The molecule has 4 nitrogen and oxygen atoms in total. The predicted octanol–water partition coefficient (Wildman–Crippen LogP) is 3.46. The number of hydrogen-bond acceptors (Lipinski definition) is 3. The summed E-state index contributed by atoms with van der Waals surface area (Å²) in [5, 5.41) is 10.6. The van der Waals surface area contributed by atoms with Gasteiger partial charge in [0.25, 0.3) is 0 Å². The van der Waals surface area contributed by atoms with Crippen LogP contribution in [0.3, 0.4) is 0 Å². The number of carbonyl (C=O) groups excluding carboxylic acids is 1. The van der Waals surface area contributed by atoms with Gasteiger partial charge in [0, 0.05) is 23.7 Å². The van der Waals surface area contributed by atoms with Crippen molar-refractivity contribution < 1.29 is 9.72 Å². The first kappa shape index (κ1) is 14.5. The fraction of sp³-hybridized carbons (Fsp3) is 0.933. The Bertz CT molecular complexity index is 391. The molecule has 2 aliphatic carbocycles. The topological polar surface area (TPSA) is 60.2 Å². The summed E-state index contributed by atoms with van der Waals surface area (Å²) in [6.45, 7) is 6.74. The van der Waals surface area contributed by atoms with Crippen molar-refractivity contribution in [1.82, 2.24) is 0 Å². The van der Waals surface area contributed by atoms with Crippen LogP contribution in [0.1, 0.15) is 59.3 Å². The van der Waals surface area contributed by atoms with Crippen LogP contribution in [-0.2, 0) is 4.79 Å². The van der Waals surface area contributed by atoms with Crippen LogP contribution in [0.25, 0.3) is 0 Å². The number of hydrogen-bond donors (Lipinski definition) is 0. The molecule has 0 heterocycles. The van der Waals surface area contributed by atoms with E-state index < -0.39 is 0 Å². The second-order valence-electron chi connectivity index (χ2n) is 7.30. The van der Waals surface area contributed by atoms with Gasteiger partial charge in [-0.3, -0.25) is 14.9 Å². The fourth-order valence-corrected chi connectivity index (χ4v) is 4.86. The molecule has 0 saturated heterocycles. The summed E-state index contributed by atoms with van der Waals surface area (Å²) in [5.74, 6) is 0.692. The maximum Gasteiger partial charge on any atom is 0.204 e. The van der Waals surface area contributed by atoms with Gasteiger partial charge >= 0.3 is 0 Å². The predicted molar refractivity (Wildman–Crippen MR) is 73.4 cm³/mol. The lowest BCUT2D eigenvalue weighted by Gasteiger charge is -2.56. The molecule has 0 radical (unpaired) electrons. The molecule has 0 aromatic rings. The van der Waals surface area contributed by atoms with E-state index in [1.165, 1.54) is 6.42 Å². The number of fused-ring (bicyclic) bond motifs is 1. The lowest BCUT2D eigenvalue weighted by atomic mass is 9.48. The van der Waals surface area contributed by atoms with Crippen LogP contribution < -0.4 is 0 Å². The molecule has 0 aromatic heterocycles. The zero-order valence-corrected chi connectivity index (χ0v) is 12.3. The number of nitrogens with zero attached hydrogens (tertiary/aromatic N) is 1. The molecule has 0 unspecified atom stereocenters. The molecule has 0 amide bonds. The highest BCUT2D eigenvalue weighted by Gasteiger charge is 2.54. The Kier molecular flexibility index (Phi) is 3.72.